The van der Waals surface area contributed by atoms with Crippen molar-refractivity contribution in [1.82, 2.24) is 4.90 Å². The van der Waals surface area contributed by atoms with Crippen LogP contribution in [-0.2, 0) is 0 Å². The van der Waals surface area contributed by atoms with E-state index >= 15 is 0 Å². The maximum atomic E-state index is 11.0. The van der Waals surface area contributed by atoms with Crippen molar-refractivity contribution >= 4 is 11.4 Å². The number of likely N-dealkylation sites (tertiary alicyclic amines) is 1. The SMILES string of the molecule is CN1CCC(CN(C)c2ccc(C#N)c([N+](=O)[O-])c2)CC1. The maximum Gasteiger partial charge on any atom is 0.289 e. The third-order valence-corrected chi connectivity index (χ3v) is 4.11. The molecule has 21 heavy (non-hydrogen) atoms. The van der Waals surface area contributed by atoms with Crippen LogP contribution in [0.5, 0.6) is 0 Å². The van der Waals surface area contributed by atoms with Gasteiger partial charge in [-0.15, -0.1) is 0 Å². The maximum absolute atomic E-state index is 11.0. The lowest BCUT2D eigenvalue weighted by Gasteiger charge is -2.32. The van der Waals surface area contributed by atoms with E-state index in [-0.39, 0.29) is 11.3 Å². The molecule has 0 spiro atoms. The van der Waals surface area contributed by atoms with Crippen molar-refractivity contribution < 1.29 is 4.92 Å². The van der Waals surface area contributed by atoms with Crippen molar-refractivity contribution in [3.63, 3.8) is 0 Å². The Morgan fingerprint density at radius 2 is 2.14 bits per heavy atom. The molecule has 1 aromatic rings. The van der Waals surface area contributed by atoms with Gasteiger partial charge in [-0.3, -0.25) is 10.1 Å². The average Bonchev–Trinajstić information content (AvgIpc) is 2.48. The number of nitrogens with zero attached hydrogens (tertiary/aromatic N) is 4. The second-order valence-electron chi connectivity index (χ2n) is 5.70. The minimum Gasteiger partial charge on any atom is -0.374 e. The third kappa shape index (κ3) is 3.70. The molecule has 2 rings (SSSR count). The molecule has 0 aromatic heterocycles. The van der Waals surface area contributed by atoms with Crippen LogP contribution in [-0.4, -0.2) is 43.6 Å². The molecule has 0 unspecified atom stereocenters. The van der Waals surface area contributed by atoms with E-state index in [2.05, 4.69) is 11.9 Å². The van der Waals surface area contributed by atoms with Gasteiger partial charge in [0.15, 0.2) is 0 Å². The second-order valence-corrected chi connectivity index (χ2v) is 5.70. The van der Waals surface area contributed by atoms with Gasteiger partial charge in [0, 0.05) is 25.3 Å². The van der Waals surface area contributed by atoms with Crippen LogP contribution in [0.3, 0.4) is 0 Å². The van der Waals surface area contributed by atoms with Gasteiger partial charge in [0.2, 0.25) is 0 Å². The Labute approximate surface area is 124 Å². The first-order chi connectivity index (χ1) is 10.0. The molecule has 0 bridgehead atoms. The van der Waals surface area contributed by atoms with Gasteiger partial charge in [-0.1, -0.05) is 0 Å². The van der Waals surface area contributed by atoms with Crippen molar-refractivity contribution in [3.8, 4) is 6.07 Å². The lowest BCUT2D eigenvalue weighted by molar-refractivity contribution is -0.385. The molecule has 0 atom stereocenters. The summed E-state index contributed by atoms with van der Waals surface area (Å²) in [5.74, 6) is 0.612. The molecule has 1 aliphatic rings. The topological polar surface area (TPSA) is 73.4 Å². The number of nitriles is 1. The summed E-state index contributed by atoms with van der Waals surface area (Å²) >= 11 is 0. The highest BCUT2D eigenvalue weighted by molar-refractivity contribution is 5.60. The molecule has 112 valence electrons. The molecule has 1 aliphatic heterocycles. The van der Waals surface area contributed by atoms with Gasteiger partial charge < -0.3 is 9.80 Å². The normalized spacial score (nSPS) is 16.4. The molecule has 0 aliphatic carbocycles. The first-order valence-electron chi connectivity index (χ1n) is 7.09. The molecule has 0 N–H and O–H groups in total. The van der Waals surface area contributed by atoms with Crippen molar-refractivity contribution in [2.75, 3.05) is 38.6 Å². The van der Waals surface area contributed by atoms with Crippen molar-refractivity contribution in [3.05, 3.63) is 33.9 Å². The molecular formula is C15H20N4O2. The van der Waals surface area contributed by atoms with Gasteiger partial charge in [0.05, 0.1) is 4.92 Å². The number of anilines is 1. The fourth-order valence-corrected chi connectivity index (χ4v) is 2.74. The molecule has 0 amide bonds. The quantitative estimate of drug-likeness (QED) is 0.627. The first-order valence-corrected chi connectivity index (χ1v) is 7.09. The first kappa shape index (κ1) is 15.3. The molecule has 1 heterocycles. The van der Waals surface area contributed by atoms with E-state index in [0.717, 1.165) is 38.2 Å². The Morgan fingerprint density at radius 1 is 1.48 bits per heavy atom. The Hall–Kier alpha value is -2.13. The molecule has 1 aromatic carbocycles. The second kappa shape index (κ2) is 6.55. The zero-order valence-electron chi connectivity index (χ0n) is 12.5. The smallest absolute Gasteiger partial charge is 0.289 e. The summed E-state index contributed by atoms with van der Waals surface area (Å²) in [6.07, 6.45) is 2.30. The van der Waals surface area contributed by atoms with Gasteiger partial charge in [-0.2, -0.15) is 5.26 Å². The summed E-state index contributed by atoms with van der Waals surface area (Å²) in [6, 6.07) is 6.66. The fraction of sp³-hybridized carbons (Fsp3) is 0.533. The Morgan fingerprint density at radius 3 is 2.71 bits per heavy atom. The van der Waals surface area contributed by atoms with Crippen LogP contribution in [0.25, 0.3) is 0 Å². The predicted molar refractivity (Wildman–Crippen MR) is 81.3 cm³/mol. The van der Waals surface area contributed by atoms with E-state index in [9.17, 15) is 10.1 Å². The monoisotopic (exact) mass is 288 g/mol. The summed E-state index contributed by atoms with van der Waals surface area (Å²) in [5, 5.41) is 19.9. The van der Waals surface area contributed by atoms with Crippen LogP contribution < -0.4 is 4.90 Å². The molecule has 1 fully saturated rings. The van der Waals surface area contributed by atoms with Crippen molar-refractivity contribution in [2.24, 2.45) is 5.92 Å². The number of nitro groups is 1. The van der Waals surface area contributed by atoms with E-state index in [1.165, 1.54) is 12.1 Å². The highest BCUT2D eigenvalue weighted by Crippen LogP contribution is 2.26. The molecule has 6 heteroatoms. The number of piperidine rings is 1. The molecule has 6 nitrogen and oxygen atoms in total. The van der Waals surface area contributed by atoms with E-state index in [1.54, 1.807) is 6.07 Å². The zero-order chi connectivity index (χ0) is 15.4. The van der Waals surface area contributed by atoms with Gasteiger partial charge in [0.25, 0.3) is 5.69 Å². The number of rotatable bonds is 4. The highest BCUT2D eigenvalue weighted by Gasteiger charge is 2.20. The molecule has 1 saturated heterocycles. The van der Waals surface area contributed by atoms with E-state index in [4.69, 9.17) is 5.26 Å². The van der Waals surface area contributed by atoms with Gasteiger partial charge in [0.1, 0.15) is 11.6 Å². The van der Waals surface area contributed by atoms with Crippen LogP contribution in [0.4, 0.5) is 11.4 Å². The summed E-state index contributed by atoms with van der Waals surface area (Å²) < 4.78 is 0. The van der Waals surface area contributed by atoms with Crippen LogP contribution >= 0.6 is 0 Å². The number of hydrogen-bond acceptors (Lipinski definition) is 5. The molecular weight excluding hydrogens is 268 g/mol. The van der Waals surface area contributed by atoms with E-state index in [1.807, 2.05) is 18.0 Å². The summed E-state index contributed by atoms with van der Waals surface area (Å²) in [4.78, 5) is 14.9. The van der Waals surface area contributed by atoms with Gasteiger partial charge >= 0.3 is 0 Å². The zero-order valence-corrected chi connectivity index (χ0v) is 12.5. The van der Waals surface area contributed by atoms with Crippen molar-refractivity contribution in [2.45, 2.75) is 12.8 Å². The third-order valence-electron chi connectivity index (χ3n) is 4.11. The highest BCUT2D eigenvalue weighted by atomic mass is 16.6. The van der Waals surface area contributed by atoms with Gasteiger partial charge in [-0.25, -0.2) is 0 Å². The van der Waals surface area contributed by atoms with Crippen LogP contribution in [0, 0.1) is 27.4 Å². The van der Waals surface area contributed by atoms with E-state index < -0.39 is 4.92 Å². The summed E-state index contributed by atoms with van der Waals surface area (Å²) in [5.41, 5.74) is 0.779. The van der Waals surface area contributed by atoms with Crippen LogP contribution in [0.15, 0.2) is 18.2 Å². The average molecular weight is 288 g/mol. The largest absolute Gasteiger partial charge is 0.374 e. The number of benzene rings is 1. The lowest BCUT2D eigenvalue weighted by atomic mass is 9.96. The number of hydrogen-bond donors (Lipinski definition) is 0. The minimum atomic E-state index is -0.495. The fourth-order valence-electron chi connectivity index (χ4n) is 2.74. The Kier molecular flexibility index (Phi) is 4.76. The van der Waals surface area contributed by atoms with E-state index in [0.29, 0.717) is 5.92 Å². The van der Waals surface area contributed by atoms with Gasteiger partial charge in [-0.05, 0) is 51.0 Å². The van der Waals surface area contributed by atoms with Crippen LogP contribution in [0.2, 0.25) is 0 Å². The van der Waals surface area contributed by atoms with Crippen molar-refractivity contribution in [1.29, 1.82) is 5.26 Å². The minimum absolute atomic E-state index is 0.108. The lowest BCUT2D eigenvalue weighted by Crippen LogP contribution is -2.35. The Balaban J connectivity index is 2.09. The number of nitro benzene ring substituents is 1. The molecule has 0 radical (unpaired) electrons. The summed E-state index contributed by atoms with van der Waals surface area (Å²) in [6.45, 7) is 3.09. The standard InChI is InChI=1S/C15H20N4O2/c1-17-7-5-12(6-8-17)11-18(2)14-4-3-13(10-16)15(9-14)19(20)21/h3-4,9,12H,5-8,11H2,1-2H3. The van der Waals surface area contributed by atoms with Crippen LogP contribution in [0.1, 0.15) is 18.4 Å². The Bertz CT molecular complexity index is 559. The predicted octanol–water partition coefficient (Wildman–Crippen LogP) is 2.24. The molecule has 0 saturated carbocycles. The summed E-state index contributed by atoms with van der Waals surface area (Å²) in [7, 11) is 4.08.